The van der Waals surface area contributed by atoms with E-state index in [0.29, 0.717) is 11.9 Å². The van der Waals surface area contributed by atoms with E-state index in [2.05, 4.69) is 22.2 Å². The summed E-state index contributed by atoms with van der Waals surface area (Å²) in [5.41, 5.74) is 6.95. The monoisotopic (exact) mass is 246 g/mol. The maximum absolute atomic E-state index is 5.96. The molecule has 0 spiro atoms. The first-order chi connectivity index (χ1) is 8.67. The summed E-state index contributed by atoms with van der Waals surface area (Å²) in [6.45, 7) is 4.07. The van der Waals surface area contributed by atoms with Crippen LogP contribution in [0.5, 0.6) is 0 Å². The molecule has 2 bridgehead atoms. The lowest BCUT2D eigenvalue weighted by atomic mass is 9.95. The third kappa shape index (κ3) is 1.93. The molecule has 2 aliphatic rings. The SMILES string of the molecule is CCc1nc(N)c(C)c(NC2CC3CCC2C3)n1. The van der Waals surface area contributed by atoms with E-state index < -0.39 is 0 Å². The first-order valence-electron chi connectivity index (χ1n) is 7.07. The van der Waals surface area contributed by atoms with Crippen LogP contribution in [-0.4, -0.2) is 16.0 Å². The van der Waals surface area contributed by atoms with Crippen molar-refractivity contribution in [3.8, 4) is 0 Å². The highest BCUT2D eigenvalue weighted by molar-refractivity contribution is 5.55. The van der Waals surface area contributed by atoms with E-state index in [-0.39, 0.29) is 0 Å². The van der Waals surface area contributed by atoms with Gasteiger partial charge in [0, 0.05) is 18.0 Å². The molecule has 0 amide bonds. The molecule has 1 aromatic heterocycles. The lowest BCUT2D eigenvalue weighted by Crippen LogP contribution is -2.27. The summed E-state index contributed by atoms with van der Waals surface area (Å²) in [5.74, 6) is 4.20. The average molecular weight is 246 g/mol. The summed E-state index contributed by atoms with van der Waals surface area (Å²) in [4.78, 5) is 8.90. The number of hydrogen-bond acceptors (Lipinski definition) is 4. The molecular formula is C14H22N4. The third-order valence-electron chi connectivity index (χ3n) is 4.61. The summed E-state index contributed by atoms with van der Waals surface area (Å²) < 4.78 is 0. The highest BCUT2D eigenvalue weighted by atomic mass is 15.1. The van der Waals surface area contributed by atoms with Crippen LogP contribution in [-0.2, 0) is 6.42 Å². The topological polar surface area (TPSA) is 63.8 Å². The molecular weight excluding hydrogens is 224 g/mol. The molecule has 3 unspecified atom stereocenters. The van der Waals surface area contributed by atoms with Gasteiger partial charge in [0.05, 0.1) is 0 Å². The van der Waals surface area contributed by atoms with Gasteiger partial charge in [-0.25, -0.2) is 9.97 Å². The van der Waals surface area contributed by atoms with E-state index in [9.17, 15) is 0 Å². The quantitative estimate of drug-likeness (QED) is 0.860. The molecule has 4 nitrogen and oxygen atoms in total. The van der Waals surface area contributed by atoms with Crippen LogP contribution in [0.1, 0.15) is 44.0 Å². The van der Waals surface area contributed by atoms with Crippen LogP contribution in [0.25, 0.3) is 0 Å². The minimum Gasteiger partial charge on any atom is -0.383 e. The molecule has 4 heteroatoms. The van der Waals surface area contributed by atoms with Gasteiger partial charge in [0.1, 0.15) is 17.5 Å². The number of fused-ring (bicyclic) bond motifs is 2. The number of rotatable bonds is 3. The maximum Gasteiger partial charge on any atom is 0.134 e. The van der Waals surface area contributed by atoms with Gasteiger partial charge in [0.15, 0.2) is 0 Å². The smallest absolute Gasteiger partial charge is 0.134 e. The van der Waals surface area contributed by atoms with Crippen LogP contribution < -0.4 is 11.1 Å². The van der Waals surface area contributed by atoms with Gasteiger partial charge in [-0.1, -0.05) is 13.3 Å². The Hall–Kier alpha value is -1.32. The summed E-state index contributed by atoms with van der Waals surface area (Å²) in [7, 11) is 0. The minimum absolute atomic E-state index is 0.599. The Bertz CT molecular complexity index is 457. The van der Waals surface area contributed by atoms with Crippen molar-refractivity contribution in [2.24, 2.45) is 11.8 Å². The lowest BCUT2D eigenvalue weighted by molar-refractivity contribution is 0.438. The second-order valence-electron chi connectivity index (χ2n) is 5.78. The largest absolute Gasteiger partial charge is 0.383 e. The van der Waals surface area contributed by atoms with Gasteiger partial charge in [-0.2, -0.15) is 0 Å². The van der Waals surface area contributed by atoms with Crippen molar-refractivity contribution in [2.75, 3.05) is 11.1 Å². The molecule has 1 aromatic rings. The van der Waals surface area contributed by atoms with E-state index in [0.717, 1.165) is 35.5 Å². The first kappa shape index (κ1) is 11.8. The highest BCUT2D eigenvalue weighted by Crippen LogP contribution is 2.45. The van der Waals surface area contributed by atoms with Crippen LogP contribution in [0, 0.1) is 18.8 Å². The number of nitrogens with two attached hydrogens (primary N) is 1. The molecule has 2 aliphatic carbocycles. The first-order valence-corrected chi connectivity index (χ1v) is 7.07. The van der Waals surface area contributed by atoms with Gasteiger partial charge in [0.25, 0.3) is 0 Å². The van der Waals surface area contributed by atoms with Gasteiger partial charge in [-0.3, -0.25) is 0 Å². The zero-order valence-electron chi connectivity index (χ0n) is 11.2. The number of nitrogen functional groups attached to an aromatic ring is 1. The fourth-order valence-electron chi connectivity index (χ4n) is 3.48. The van der Waals surface area contributed by atoms with E-state index in [4.69, 9.17) is 5.73 Å². The van der Waals surface area contributed by atoms with Gasteiger partial charge in [-0.05, 0) is 38.0 Å². The molecule has 3 N–H and O–H groups in total. The highest BCUT2D eigenvalue weighted by Gasteiger charge is 2.39. The Morgan fingerprint density at radius 2 is 2.11 bits per heavy atom. The predicted octanol–water partition coefficient (Wildman–Crippen LogP) is 2.53. The Balaban J connectivity index is 1.81. The normalized spacial score (nSPS) is 29.8. The number of aromatic nitrogens is 2. The number of nitrogens with zero attached hydrogens (tertiary/aromatic N) is 2. The summed E-state index contributed by atoms with van der Waals surface area (Å²) in [6, 6.07) is 0.599. The molecule has 3 rings (SSSR count). The molecule has 0 aromatic carbocycles. The maximum atomic E-state index is 5.96. The van der Waals surface area contributed by atoms with Crippen LogP contribution in [0.2, 0.25) is 0 Å². The van der Waals surface area contributed by atoms with Crippen LogP contribution >= 0.6 is 0 Å². The van der Waals surface area contributed by atoms with Crippen molar-refractivity contribution in [3.63, 3.8) is 0 Å². The van der Waals surface area contributed by atoms with Crippen molar-refractivity contribution < 1.29 is 0 Å². The summed E-state index contributed by atoms with van der Waals surface area (Å²) in [5, 5.41) is 3.62. The zero-order valence-corrected chi connectivity index (χ0v) is 11.2. The second-order valence-corrected chi connectivity index (χ2v) is 5.78. The Kier molecular flexibility index (Phi) is 2.88. The van der Waals surface area contributed by atoms with Crippen molar-refractivity contribution >= 4 is 11.6 Å². The van der Waals surface area contributed by atoms with E-state index >= 15 is 0 Å². The number of hydrogen-bond donors (Lipinski definition) is 2. The summed E-state index contributed by atoms with van der Waals surface area (Å²) in [6.07, 6.45) is 6.33. The van der Waals surface area contributed by atoms with Gasteiger partial charge in [-0.15, -0.1) is 0 Å². The van der Waals surface area contributed by atoms with Gasteiger partial charge in [0.2, 0.25) is 0 Å². The molecule has 1 heterocycles. The fraction of sp³-hybridized carbons (Fsp3) is 0.714. The molecule has 0 radical (unpaired) electrons. The Morgan fingerprint density at radius 1 is 1.28 bits per heavy atom. The van der Waals surface area contributed by atoms with Crippen LogP contribution in [0.15, 0.2) is 0 Å². The zero-order chi connectivity index (χ0) is 12.7. The third-order valence-corrected chi connectivity index (χ3v) is 4.61. The molecule has 98 valence electrons. The standard InChI is InChI=1S/C14H22N4/c1-3-12-17-13(15)8(2)14(18-12)16-11-7-9-4-5-10(11)6-9/h9-11H,3-7H2,1-2H3,(H3,15,16,17,18). The molecule has 0 saturated heterocycles. The lowest BCUT2D eigenvalue weighted by Gasteiger charge is -2.24. The van der Waals surface area contributed by atoms with Crippen molar-refractivity contribution in [2.45, 2.75) is 52.0 Å². The van der Waals surface area contributed by atoms with Gasteiger partial charge >= 0.3 is 0 Å². The fourth-order valence-corrected chi connectivity index (χ4v) is 3.48. The molecule has 2 fully saturated rings. The van der Waals surface area contributed by atoms with Crippen LogP contribution in [0.3, 0.4) is 0 Å². The van der Waals surface area contributed by atoms with E-state index in [1.165, 1.54) is 25.7 Å². The number of aryl methyl sites for hydroxylation is 1. The second kappa shape index (κ2) is 4.41. The Morgan fingerprint density at radius 3 is 2.72 bits per heavy atom. The number of nitrogens with one attached hydrogen (secondary N) is 1. The van der Waals surface area contributed by atoms with Gasteiger partial charge < -0.3 is 11.1 Å². The van der Waals surface area contributed by atoms with Crippen LogP contribution in [0.4, 0.5) is 11.6 Å². The predicted molar refractivity (Wildman–Crippen MR) is 73.4 cm³/mol. The van der Waals surface area contributed by atoms with E-state index in [1.807, 2.05) is 6.92 Å². The van der Waals surface area contributed by atoms with E-state index in [1.54, 1.807) is 0 Å². The summed E-state index contributed by atoms with van der Waals surface area (Å²) >= 11 is 0. The van der Waals surface area contributed by atoms with Crippen molar-refractivity contribution in [1.29, 1.82) is 0 Å². The Labute approximate surface area is 108 Å². The average Bonchev–Trinajstić information content (AvgIpc) is 2.96. The molecule has 3 atom stereocenters. The molecule has 0 aliphatic heterocycles. The minimum atomic E-state index is 0.599. The van der Waals surface area contributed by atoms with Crippen molar-refractivity contribution in [1.82, 2.24) is 9.97 Å². The van der Waals surface area contributed by atoms with Crippen molar-refractivity contribution in [3.05, 3.63) is 11.4 Å². The molecule has 18 heavy (non-hydrogen) atoms. The number of anilines is 2. The molecule has 2 saturated carbocycles.